The molecular weight excluding hydrogens is 272 g/mol. The van der Waals surface area contributed by atoms with Crippen molar-refractivity contribution in [1.82, 2.24) is 10.6 Å². The van der Waals surface area contributed by atoms with Crippen molar-refractivity contribution in [3.05, 3.63) is 35.4 Å². The second-order valence-corrected chi connectivity index (χ2v) is 5.77. The number of benzene rings is 1. The lowest BCUT2D eigenvalue weighted by Crippen LogP contribution is -2.49. The second-order valence-electron chi connectivity index (χ2n) is 5.77. The fraction of sp³-hybridized carbons (Fsp3) is 0.562. The summed E-state index contributed by atoms with van der Waals surface area (Å²) in [5.41, 5.74) is 2.56. The molecule has 1 aliphatic heterocycles. The first-order chi connectivity index (χ1) is 9.08. The average Bonchev–Trinajstić information content (AvgIpc) is 2.33. The lowest BCUT2D eigenvalue weighted by atomic mass is 9.88. The van der Waals surface area contributed by atoms with Crippen LogP contribution in [0.2, 0.25) is 0 Å². The van der Waals surface area contributed by atoms with Crippen LogP contribution in [-0.2, 0) is 4.79 Å². The standard InChI is InChI=1S/C16H24N2O.ClH/c1-11-5-4-6-14(7-11)12(2)8-18-16(19)13(3)15-9-17-10-15;/h4-7,12-13,15,17H,8-10H2,1-3H3,(H,18,19);1H. The average molecular weight is 297 g/mol. The Morgan fingerprint density at radius 2 is 2.10 bits per heavy atom. The van der Waals surface area contributed by atoms with Gasteiger partial charge in [0.05, 0.1) is 0 Å². The Hall–Kier alpha value is -1.06. The van der Waals surface area contributed by atoms with E-state index < -0.39 is 0 Å². The lowest BCUT2D eigenvalue weighted by Gasteiger charge is -2.32. The van der Waals surface area contributed by atoms with Gasteiger partial charge < -0.3 is 10.6 Å². The number of aryl methyl sites for hydroxylation is 1. The maximum atomic E-state index is 12.0. The minimum Gasteiger partial charge on any atom is -0.355 e. The van der Waals surface area contributed by atoms with E-state index in [1.807, 2.05) is 6.92 Å². The third-order valence-corrected chi connectivity index (χ3v) is 4.13. The normalized spacial score (nSPS) is 17.6. The number of nitrogens with one attached hydrogen (secondary N) is 2. The van der Waals surface area contributed by atoms with Crippen LogP contribution in [0.5, 0.6) is 0 Å². The maximum absolute atomic E-state index is 12.0. The van der Waals surface area contributed by atoms with Crippen LogP contribution in [0.25, 0.3) is 0 Å². The van der Waals surface area contributed by atoms with E-state index in [9.17, 15) is 4.79 Å². The Morgan fingerprint density at radius 3 is 2.65 bits per heavy atom. The van der Waals surface area contributed by atoms with Gasteiger partial charge in [0.2, 0.25) is 5.91 Å². The van der Waals surface area contributed by atoms with Crippen molar-refractivity contribution in [2.24, 2.45) is 11.8 Å². The van der Waals surface area contributed by atoms with E-state index in [1.165, 1.54) is 11.1 Å². The summed E-state index contributed by atoms with van der Waals surface area (Å²) < 4.78 is 0. The molecule has 0 saturated carbocycles. The molecule has 1 heterocycles. The molecule has 4 heteroatoms. The summed E-state index contributed by atoms with van der Waals surface area (Å²) in [6.45, 7) is 8.94. The Kier molecular flexibility index (Phi) is 6.50. The van der Waals surface area contributed by atoms with Gasteiger partial charge in [0.15, 0.2) is 0 Å². The summed E-state index contributed by atoms with van der Waals surface area (Å²) in [6.07, 6.45) is 0. The van der Waals surface area contributed by atoms with Crippen molar-refractivity contribution < 1.29 is 4.79 Å². The summed E-state index contributed by atoms with van der Waals surface area (Å²) >= 11 is 0. The molecule has 0 spiro atoms. The van der Waals surface area contributed by atoms with Crippen molar-refractivity contribution in [3.63, 3.8) is 0 Å². The molecule has 1 aromatic rings. The monoisotopic (exact) mass is 296 g/mol. The minimum atomic E-state index is 0. The summed E-state index contributed by atoms with van der Waals surface area (Å²) in [5, 5.41) is 6.30. The van der Waals surface area contributed by atoms with Crippen molar-refractivity contribution in [1.29, 1.82) is 0 Å². The van der Waals surface area contributed by atoms with Gasteiger partial charge in [-0.3, -0.25) is 4.79 Å². The number of carbonyl (C=O) groups excluding carboxylic acids is 1. The van der Waals surface area contributed by atoms with Gasteiger partial charge >= 0.3 is 0 Å². The van der Waals surface area contributed by atoms with E-state index in [-0.39, 0.29) is 24.2 Å². The van der Waals surface area contributed by atoms with Gasteiger partial charge in [-0.25, -0.2) is 0 Å². The van der Waals surface area contributed by atoms with E-state index in [0.29, 0.717) is 18.4 Å². The molecule has 1 saturated heterocycles. The molecule has 2 unspecified atom stereocenters. The molecule has 2 N–H and O–H groups in total. The van der Waals surface area contributed by atoms with E-state index >= 15 is 0 Å². The number of halogens is 1. The number of hydrogen-bond acceptors (Lipinski definition) is 2. The van der Waals surface area contributed by atoms with Gasteiger partial charge in [-0.2, -0.15) is 0 Å². The summed E-state index contributed by atoms with van der Waals surface area (Å²) in [4.78, 5) is 12.0. The van der Waals surface area contributed by atoms with E-state index in [1.54, 1.807) is 0 Å². The minimum absolute atomic E-state index is 0. The predicted octanol–water partition coefficient (Wildman–Crippen LogP) is 2.49. The number of rotatable bonds is 5. The zero-order chi connectivity index (χ0) is 13.8. The third-order valence-electron chi connectivity index (χ3n) is 4.13. The van der Waals surface area contributed by atoms with E-state index in [4.69, 9.17) is 0 Å². The SMILES string of the molecule is Cc1cccc(C(C)CNC(=O)C(C)C2CNC2)c1.Cl. The van der Waals surface area contributed by atoms with Gasteiger partial charge in [-0.05, 0) is 37.4 Å². The molecule has 2 atom stereocenters. The highest BCUT2D eigenvalue weighted by Crippen LogP contribution is 2.18. The van der Waals surface area contributed by atoms with Gasteiger partial charge in [0.1, 0.15) is 0 Å². The van der Waals surface area contributed by atoms with Gasteiger partial charge in [0.25, 0.3) is 0 Å². The fourth-order valence-corrected chi connectivity index (χ4v) is 2.39. The Bertz CT molecular complexity index is 446. The molecule has 1 aliphatic rings. The molecule has 1 aromatic carbocycles. The lowest BCUT2D eigenvalue weighted by molar-refractivity contribution is -0.126. The first kappa shape index (κ1) is 17.0. The van der Waals surface area contributed by atoms with Gasteiger partial charge in [-0.1, -0.05) is 43.7 Å². The van der Waals surface area contributed by atoms with Crippen molar-refractivity contribution >= 4 is 18.3 Å². The molecule has 0 aromatic heterocycles. The second kappa shape index (κ2) is 7.65. The molecule has 20 heavy (non-hydrogen) atoms. The third kappa shape index (κ3) is 4.22. The Balaban J connectivity index is 0.00000200. The molecular formula is C16H25ClN2O. The largest absolute Gasteiger partial charge is 0.355 e. The molecule has 0 aliphatic carbocycles. The van der Waals surface area contributed by atoms with Crippen LogP contribution in [0.1, 0.15) is 30.9 Å². The van der Waals surface area contributed by atoms with Crippen molar-refractivity contribution in [3.8, 4) is 0 Å². The zero-order valence-electron chi connectivity index (χ0n) is 12.5. The first-order valence-corrected chi connectivity index (χ1v) is 7.13. The maximum Gasteiger partial charge on any atom is 0.223 e. The highest BCUT2D eigenvalue weighted by Gasteiger charge is 2.28. The van der Waals surface area contributed by atoms with Crippen LogP contribution in [0, 0.1) is 18.8 Å². The van der Waals surface area contributed by atoms with Crippen LogP contribution >= 0.6 is 12.4 Å². The highest BCUT2D eigenvalue weighted by molar-refractivity contribution is 5.85. The molecule has 3 nitrogen and oxygen atoms in total. The first-order valence-electron chi connectivity index (χ1n) is 7.13. The fourth-order valence-electron chi connectivity index (χ4n) is 2.39. The smallest absolute Gasteiger partial charge is 0.223 e. The molecule has 2 rings (SSSR count). The van der Waals surface area contributed by atoms with E-state index in [2.05, 4.69) is 48.7 Å². The van der Waals surface area contributed by atoms with Crippen LogP contribution in [0.3, 0.4) is 0 Å². The summed E-state index contributed by atoms with van der Waals surface area (Å²) in [5.74, 6) is 1.17. The summed E-state index contributed by atoms with van der Waals surface area (Å²) in [7, 11) is 0. The van der Waals surface area contributed by atoms with Crippen LogP contribution < -0.4 is 10.6 Å². The Morgan fingerprint density at radius 1 is 1.40 bits per heavy atom. The highest BCUT2D eigenvalue weighted by atomic mass is 35.5. The van der Waals surface area contributed by atoms with Gasteiger partial charge in [0, 0.05) is 12.5 Å². The van der Waals surface area contributed by atoms with Gasteiger partial charge in [-0.15, -0.1) is 12.4 Å². The molecule has 0 radical (unpaired) electrons. The molecule has 112 valence electrons. The number of amides is 1. The van der Waals surface area contributed by atoms with E-state index in [0.717, 1.165) is 13.1 Å². The van der Waals surface area contributed by atoms with Crippen molar-refractivity contribution in [2.45, 2.75) is 26.7 Å². The quantitative estimate of drug-likeness (QED) is 0.876. The number of hydrogen-bond donors (Lipinski definition) is 2. The van der Waals surface area contributed by atoms with Crippen molar-refractivity contribution in [2.75, 3.05) is 19.6 Å². The van der Waals surface area contributed by atoms with Crippen LogP contribution in [0.15, 0.2) is 24.3 Å². The zero-order valence-corrected chi connectivity index (χ0v) is 13.3. The molecule has 1 fully saturated rings. The molecule has 1 amide bonds. The predicted molar refractivity (Wildman–Crippen MR) is 85.4 cm³/mol. The van der Waals surface area contributed by atoms with Crippen LogP contribution in [0.4, 0.5) is 0 Å². The number of carbonyl (C=O) groups is 1. The summed E-state index contributed by atoms with van der Waals surface area (Å²) in [6, 6.07) is 8.49. The van der Waals surface area contributed by atoms with Crippen LogP contribution in [-0.4, -0.2) is 25.5 Å². The Labute approximate surface area is 127 Å². The molecule has 0 bridgehead atoms. The topological polar surface area (TPSA) is 41.1 Å².